The van der Waals surface area contributed by atoms with E-state index >= 15 is 0 Å². The zero-order valence-corrected chi connectivity index (χ0v) is 9.51. The van der Waals surface area contributed by atoms with Crippen LogP contribution in [0.25, 0.3) is 0 Å². The Morgan fingerprint density at radius 3 is 3.00 bits per heavy atom. The number of halogens is 1. The van der Waals surface area contributed by atoms with Crippen LogP contribution in [0.15, 0.2) is 18.2 Å². The van der Waals surface area contributed by atoms with Gasteiger partial charge in [-0.15, -0.1) is 5.10 Å². The van der Waals surface area contributed by atoms with E-state index in [1.165, 1.54) is 17.4 Å². The van der Waals surface area contributed by atoms with Crippen molar-refractivity contribution < 1.29 is 4.39 Å². The van der Waals surface area contributed by atoms with Gasteiger partial charge in [0.05, 0.1) is 0 Å². The number of rotatable bonds is 2. The lowest BCUT2D eigenvalue weighted by Gasteiger charge is -2.06. The monoisotopic (exact) mass is 241 g/mol. The first-order chi connectivity index (χ1) is 7.16. The van der Waals surface area contributed by atoms with E-state index in [1.807, 2.05) is 0 Å². The molecule has 0 fully saturated rings. The summed E-state index contributed by atoms with van der Waals surface area (Å²) in [6.45, 7) is 1.71. The Kier molecular flexibility index (Phi) is 2.79. The third kappa shape index (κ3) is 2.21. The van der Waals surface area contributed by atoms with Crippen LogP contribution in [0.5, 0.6) is 0 Å². The Labute approximate surface area is 95.0 Å². The number of anilines is 2. The van der Waals surface area contributed by atoms with E-state index in [1.54, 1.807) is 19.1 Å². The number of aromatic nitrogens is 2. The van der Waals surface area contributed by atoms with E-state index in [2.05, 4.69) is 15.5 Å². The quantitative estimate of drug-likeness (QED) is 0.792. The van der Waals surface area contributed by atoms with Crippen LogP contribution < -0.4 is 5.32 Å². The molecule has 15 heavy (non-hydrogen) atoms. The van der Waals surface area contributed by atoms with Crippen molar-refractivity contribution in [3.63, 3.8) is 0 Å². The Morgan fingerprint density at radius 1 is 1.53 bits per heavy atom. The molecule has 78 valence electrons. The Bertz CT molecular complexity index is 532. The van der Waals surface area contributed by atoms with Gasteiger partial charge in [0.2, 0.25) is 5.13 Å². The lowest BCUT2D eigenvalue weighted by molar-refractivity contribution is 0.619. The molecule has 1 aromatic heterocycles. The summed E-state index contributed by atoms with van der Waals surface area (Å²) in [7, 11) is 0. The van der Waals surface area contributed by atoms with Crippen LogP contribution in [0.3, 0.4) is 0 Å². The van der Waals surface area contributed by atoms with Crippen molar-refractivity contribution in [2.45, 2.75) is 6.92 Å². The predicted molar refractivity (Wildman–Crippen MR) is 61.7 cm³/mol. The van der Waals surface area contributed by atoms with E-state index < -0.39 is 0 Å². The second kappa shape index (κ2) is 4.08. The van der Waals surface area contributed by atoms with E-state index in [0.29, 0.717) is 20.3 Å². The highest BCUT2D eigenvalue weighted by molar-refractivity contribution is 7.73. The normalized spacial score (nSPS) is 10.3. The number of aromatic amines is 1. The van der Waals surface area contributed by atoms with Crippen LogP contribution >= 0.6 is 23.6 Å². The minimum absolute atomic E-state index is 0.237. The number of hydrogen-bond donors (Lipinski definition) is 2. The fraction of sp³-hybridized carbons (Fsp3) is 0.111. The molecule has 0 aliphatic heterocycles. The van der Waals surface area contributed by atoms with Crippen molar-refractivity contribution in [3.05, 3.63) is 33.5 Å². The molecule has 0 radical (unpaired) electrons. The molecular formula is C9H8FN3S2. The predicted octanol–water partition coefficient (Wildman–Crippen LogP) is 3.39. The second-order valence-corrected chi connectivity index (χ2v) is 4.62. The molecule has 3 nitrogen and oxygen atoms in total. The molecule has 6 heteroatoms. The summed E-state index contributed by atoms with van der Waals surface area (Å²) >= 11 is 6.21. The molecular weight excluding hydrogens is 233 g/mol. The molecule has 0 spiro atoms. The van der Waals surface area contributed by atoms with Crippen molar-refractivity contribution >= 4 is 34.4 Å². The van der Waals surface area contributed by atoms with Gasteiger partial charge in [-0.2, -0.15) is 0 Å². The van der Waals surface area contributed by atoms with Gasteiger partial charge in [0.1, 0.15) is 5.82 Å². The Hall–Kier alpha value is -1.27. The van der Waals surface area contributed by atoms with Gasteiger partial charge in [-0.05, 0) is 31.3 Å². The van der Waals surface area contributed by atoms with Gasteiger partial charge in [-0.25, -0.2) is 4.39 Å². The lowest BCUT2D eigenvalue weighted by Crippen LogP contribution is -1.94. The third-order valence-electron chi connectivity index (χ3n) is 1.95. The summed E-state index contributed by atoms with van der Waals surface area (Å²) in [5.41, 5.74) is 1.27. The van der Waals surface area contributed by atoms with Gasteiger partial charge >= 0.3 is 0 Å². The highest BCUT2D eigenvalue weighted by Gasteiger charge is 2.04. The summed E-state index contributed by atoms with van der Waals surface area (Å²) in [5.74, 6) is -0.237. The molecule has 0 amide bonds. The smallest absolute Gasteiger partial charge is 0.208 e. The van der Waals surface area contributed by atoms with E-state index in [9.17, 15) is 4.39 Å². The van der Waals surface area contributed by atoms with Crippen LogP contribution in [0.4, 0.5) is 15.2 Å². The van der Waals surface area contributed by atoms with E-state index in [0.717, 1.165) is 0 Å². The summed E-state index contributed by atoms with van der Waals surface area (Å²) in [6.07, 6.45) is 0. The first-order valence-corrected chi connectivity index (χ1v) is 5.47. The van der Waals surface area contributed by atoms with Gasteiger partial charge in [0.25, 0.3) is 0 Å². The summed E-state index contributed by atoms with van der Waals surface area (Å²) in [4.78, 5) is 0. The highest BCUT2D eigenvalue weighted by atomic mass is 32.1. The second-order valence-electron chi connectivity index (χ2n) is 2.96. The van der Waals surface area contributed by atoms with Crippen molar-refractivity contribution in [2.24, 2.45) is 0 Å². The minimum Gasteiger partial charge on any atom is -0.330 e. The van der Waals surface area contributed by atoms with Crippen LogP contribution in [0.1, 0.15) is 5.56 Å². The van der Waals surface area contributed by atoms with Crippen LogP contribution in [0, 0.1) is 16.7 Å². The number of nitrogens with zero attached hydrogens (tertiary/aromatic N) is 1. The number of nitrogens with one attached hydrogen (secondary N) is 2. The largest absolute Gasteiger partial charge is 0.330 e. The number of H-pyrrole nitrogens is 1. The lowest BCUT2D eigenvalue weighted by atomic mass is 10.2. The molecule has 2 rings (SSSR count). The van der Waals surface area contributed by atoms with Crippen molar-refractivity contribution in [2.75, 3.05) is 5.32 Å². The van der Waals surface area contributed by atoms with Gasteiger partial charge in [-0.1, -0.05) is 17.4 Å². The molecule has 2 aromatic rings. The van der Waals surface area contributed by atoms with Crippen molar-refractivity contribution in [3.8, 4) is 0 Å². The van der Waals surface area contributed by atoms with Crippen LogP contribution in [-0.2, 0) is 0 Å². The molecule has 1 aromatic carbocycles. The first-order valence-electron chi connectivity index (χ1n) is 4.24. The summed E-state index contributed by atoms with van der Waals surface area (Å²) in [5, 5.41) is 10.2. The molecule has 0 bridgehead atoms. The molecule has 0 saturated carbocycles. The standard InChI is InChI=1S/C9H8FN3S2/c1-5-6(10)3-2-4-7(5)11-8-12-13-9(14)15-8/h2-4H,1H3,(H,11,12)(H,13,14). The average molecular weight is 241 g/mol. The SMILES string of the molecule is Cc1c(F)cccc1Nc1n[nH]c(=S)s1. The third-order valence-corrected chi connectivity index (χ3v) is 2.95. The van der Waals surface area contributed by atoms with Crippen LogP contribution in [-0.4, -0.2) is 10.2 Å². The van der Waals surface area contributed by atoms with Crippen molar-refractivity contribution in [1.29, 1.82) is 0 Å². The zero-order chi connectivity index (χ0) is 10.8. The maximum absolute atomic E-state index is 13.2. The summed E-state index contributed by atoms with van der Waals surface area (Å²) in [6, 6.07) is 4.87. The van der Waals surface area contributed by atoms with Gasteiger partial charge in [-0.3, -0.25) is 5.10 Å². The van der Waals surface area contributed by atoms with E-state index in [4.69, 9.17) is 12.2 Å². The average Bonchev–Trinajstić information content (AvgIpc) is 2.59. The maximum Gasteiger partial charge on any atom is 0.208 e. The Balaban J connectivity index is 2.32. The zero-order valence-electron chi connectivity index (χ0n) is 7.87. The molecule has 2 N–H and O–H groups in total. The fourth-order valence-electron chi connectivity index (χ4n) is 1.14. The minimum atomic E-state index is -0.237. The van der Waals surface area contributed by atoms with Gasteiger partial charge in [0.15, 0.2) is 3.95 Å². The van der Waals surface area contributed by atoms with Gasteiger partial charge < -0.3 is 5.32 Å². The van der Waals surface area contributed by atoms with Crippen LogP contribution in [0.2, 0.25) is 0 Å². The summed E-state index contributed by atoms with van der Waals surface area (Å²) < 4.78 is 13.8. The first kappa shape index (κ1) is 10.3. The topological polar surface area (TPSA) is 40.7 Å². The van der Waals surface area contributed by atoms with Crippen molar-refractivity contribution in [1.82, 2.24) is 10.2 Å². The number of benzene rings is 1. The Morgan fingerprint density at radius 2 is 2.33 bits per heavy atom. The molecule has 0 aliphatic rings. The number of hydrogen-bond acceptors (Lipinski definition) is 4. The molecule has 0 atom stereocenters. The molecule has 0 aliphatic carbocycles. The van der Waals surface area contributed by atoms with E-state index in [-0.39, 0.29) is 5.82 Å². The highest BCUT2D eigenvalue weighted by Crippen LogP contribution is 2.23. The fourth-order valence-corrected chi connectivity index (χ4v) is 1.94. The molecule has 1 heterocycles. The molecule has 0 unspecified atom stereocenters. The van der Waals surface area contributed by atoms with Gasteiger partial charge in [0, 0.05) is 11.3 Å². The molecule has 0 saturated heterocycles. The maximum atomic E-state index is 13.2.